The topological polar surface area (TPSA) is 166 Å². The SMILES string of the molecule is CC(C)Oc1ccc(-c2ccc(C(=O)NC(Cc3ccc(-c4noc(-c5ccc(NC(=O)OC(C)(C)C)cc5)n4)c(F)c3)C(=O)O)o2)cc1F. The zero-order valence-electron chi connectivity index (χ0n) is 27.7. The van der Waals surface area contributed by atoms with E-state index in [0.717, 1.165) is 6.07 Å². The average molecular weight is 689 g/mol. The standard InChI is InChI=1S/C36H34F2N4O8/c1-19(2)47-29-13-9-22(18-26(29)38)28-14-15-30(48-28)32(43)40-27(34(44)45)17-20-6-12-24(25(37)16-20)31-41-33(50-42-31)21-7-10-23(11-8-21)39-35(46)49-36(3,4)5/h6-16,18-19,27H,17H2,1-5H3,(H,39,46)(H,40,43)(H,44,45). The number of hydrogen-bond donors (Lipinski definition) is 3. The lowest BCUT2D eigenvalue weighted by atomic mass is 10.0. The van der Waals surface area contributed by atoms with Crippen LogP contribution in [0.5, 0.6) is 5.75 Å². The molecule has 1 unspecified atom stereocenters. The second-order valence-electron chi connectivity index (χ2n) is 12.5. The minimum absolute atomic E-state index is 0.00576. The number of ether oxygens (including phenoxy) is 2. The number of carbonyl (C=O) groups excluding carboxylic acids is 2. The molecule has 0 aliphatic rings. The third kappa shape index (κ3) is 8.89. The average Bonchev–Trinajstić information content (AvgIpc) is 3.72. The van der Waals surface area contributed by atoms with E-state index in [0.29, 0.717) is 16.8 Å². The molecule has 3 N–H and O–H groups in total. The highest BCUT2D eigenvalue weighted by atomic mass is 19.1. The normalized spacial score (nSPS) is 12.0. The lowest BCUT2D eigenvalue weighted by molar-refractivity contribution is -0.139. The summed E-state index contributed by atoms with van der Waals surface area (Å²) in [5, 5.41) is 18.7. The van der Waals surface area contributed by atoms with Crippen molar-refractivity contribution >= 4 is 23.7 Å². The van der Waals surface area contributed by atoms with Gasteiger partial charge in [-0.05, 0) is 107 Å². The van der Waals surface area contributed by atoms with E-state index in [1.165, 1.54) is 36.4 Å². The molecule has 2 amide bonds. The molecule has 0 radical (unpaired) electrons. The van der Waals surface area contributed by atoms with E-state index < -0.39 is 41.2 Å². The number of aliphatic carboxylic acids is 1. The lowest BCUT2D eigenvalue weighted by Crippen LogP contribution is -2.42. The van der Waals surface area contributed by atoms with Gasteiger partial charge in [-0.15, -0.1) is 0 Å². The molecule has 260 valence electrons. The lowest BCUT2D eigenvalue weighted by Gasteiger charge is -2.19. The number of amides is 2. The van der Waals surface area contributed by atoms with Gasteiger partial charge in [-0.25, -0.2) is 18.4 Å². The molecular weight excluding hydrogens is 654 g/mol. The molecule has 5 rings (SSSR count). The Bertz CT molecular complexity index is 2010. The highest BCUT2D eigenvalue weighted by molar-refractivity contribution is 5.95. The number of furan rings is 1. The van der Waals surface area contributed by atoms with Crippen molar-refractivity contribution in [1.29, 1.82) is 0 Å². The maximum Gasteiger partial charge on any atom is 0.412 e. The highest BCUT2D eigenvalue weighted by Crippen LogP contribution is 2.29. The van der Waals surface area contributed by atoms with Crippen LogP contribution in [0.4, 0.5) is 19.3 Å². The maximum absolute atomic E-state index is 15.2. The van der Waals surface area contributed by atoms with Crippen molar-refractivity contribution in [3.8, 4) is 39.9 Å². The fourth-order valence-electron chi connectivity index (χ4n) is 4.72. The van der Waals surface area contributed by atoms with Crippen LogP contribution in [0.25, 0.3) is 34.2 Å². The number of rotatable bonds is 11. The zero-order valence-corrected chi connectivity index (χ0v) is 27.7. The van der Waals surface area contributed by atoms with Crippen LogP contribution in [-0.4, -0.2) is 51.0 Å². The Morgan fingerprint density at radius 1 is 0.920 bits per heavy atom. The second kappa shape index (κ2) is 14.6. The first-order chi connectivity index (χ1) is 23.6. The molecule has 2 heterocycles. The molecule has 12 nitrogen and oxygen atoms in total. The van der Waals surface area contributed by atoms with Crippen LogP contribution in [0, 0.1) is 11.6 Å². The Morgan fingerprint density at radius 2 is 1.64 bits per heavy atom. The van der Waals surface area contributed by atoms with Gasteiger partial charge in [0, 0.05) is 23.2 Å². The van der Waals surface area contributed by atoms with Crippen molar-refractivity contribution in [3.05, 3.63) is 95.8 Å². The molecule has 0 saturated carbocycles. The van der Waals surface area contributed by atoms with Gasteiger partial charge >= 0.3 is 12.1 Å². The van der Waals surface area contributed by atoms with E-state index in [-0.39, 0.29) is 52.6 Å². The number of carboxylic acids is 1. The predicted molar refractivity (Wildman–Crippen MR) is 177 cm³/mol. The number of carbonyl (C=O) groups is 3. The Balaban J connectivity index is 1.22. The van der Waals surface area contributed by atoms with Crippen LogP contribution >= 0.6 is 0 Å². The summed E-state index contributed by atoms with van der Waals surface area (Å²) in [5.74, 6) is -3.41. The summed E-state index contributed by atoms with van der Waals surface area (Å²) >= 11 is 0. The fourth-order valence-corrected chi connectivity index (χ4v) is 4.72. The number of aromatic nitrogens is 2. The number of nitrogens with one attached hydrogen (secondary N) is 2. The summed E-state index contributed by atoms with van der Waals surface area (Å²) in [7, 11) is 0. The van der Waals surface area contributed by atoms with Crippen molar-refractivity contribution in [2.24, 2.45) is 0 Å². The molecule has 0 spiro atoms. The Labute approximate surface area is 285 Å². The van der Waals surface area contributed by atoms with E-state index in [2.05, 4.69) is 20.8 Å². The quantitative estimate of drug-likeness (QED) is 0.126. The maximum atomic E-state index is 15.2. The van der Waals surface area contributed by atoms with Crippen LogP contribution in [-0.2, 0) is 16.0 Å². The Kier molecular flexibility index (Phi) is 10.3. The molecule has 0 fully saturated rings. The van der Waals surface area contributed by atoms with E-state index in [1.807, 2.05) is 0 Å². The van der Waals surface area contributed by atoms with Crippen molar-refractivity contribution in [2.45, 2.75) is 58.8 Å². The number of halogens is 2. The van der Waals surface area contributed by atoms with Crippen LogP contribution in [0.2, 0.25) is 0 Å². The van der Waals surface area contributed by atoms with E-state index >= 15 is 4.39 Å². The number of nitrogens with zero attached hydrogens (tertiary/aromatic N) is 2. The summed E-state index contributed by atoms with van der Waals surface area (Å²) in [6, 6.07) is 16.1. The van der Waals surface area contributed by atoms with Crippen LogP contribution < -0.4 is 15.4 Å². The molecule has 2 aromatic heterocycles. The van der Waals surface area contributed by atoms with Gasteiger partial charge in [0.25, 0.3) is 11.8 Å². The van der Waals surface area contributed by atoms with Crippen molar-refractivity contribution in [1.82, 2.24) is 15.5 Å². The molecule has 0 saturated heterocycles. The van der Waals surface area contributed by atoms with Crippen LogP contribution in [0.15, 0.2) is 81.7 Å². The molecular formula is C36H34F2N4O8. The fraction of sp³-hybridized carbons (Fsp3) is 0.250. The number of anilines is 1. The van der Waals surface area contributed by atoms with Gasteiger partial charge in [0.1, 0.15) is 23.2 Å². The van der Waals surface area contributed by atoms with Crippen LogP contribution in [0.3, 0.4) is 0 Å². The highest BCUT2D eigenvalue weighted by Gasteiger charge is 2.25. The number of carboxylic acid groups (broad SMARTS) is 1. The summed E-state index contributed by atoms with van der Waals surface area (Å²) in [5.41, 5.74) is 0.966. The van der Waals surface area contributed by atoms with Gasteiger partial charge in [0.2, 0.25) is 5.82 Å². The van der Waals surface area contributed by atoms with Crippen molar-refractivity contribution in [3.63, 3.8) is 0 Å². The summed E-state index contributed by atoms with van der Waals surface area (Å²) in [6.45, 7) is 8.79. The summed E-state index contributed by atoms with van der Waals surface area (Å²) < 4.78 is 51.2. The smallest absolute Gasteiger partial charge is 0.412 e. The van der Waals surface area contributed by atoms with Gasteiger partial charge in [-0.2, -0.15) is 4.98 Å². The Hall–Kier alpha value is -6.05. The molecule has 0 bridgehead atoms. The van der Waals surface area contributed by atoms with Gasteiger partial charge in [0.15, 0.2) is 17.3 Å². The van der Waals surface area contributed by atoms with E-state index in [4.69, 9.17) is 18.4 Å². The molecule has 0 aliphatic heterocycles. The molecule has 14 heteroatoms. The summed E-state index contributed by atoms with van der Waals surface area (Å²) in [6.07, 6.45) is -1.09. The van der Waals surface area contributed by atoms with Gasteiger partial charge in [-0.3, -0.25) is 10.1 Å². The first-order valence-corrected chi connectivity index (χ1v) is 15.5. The third-order valence-electron chi connectivity index (χ3n) is 6.93. The van der Waals surface area contributed by atoms with Crippen molar-refractivity contribution in [2.75, 3.05) is 5.32 Å². The van der Waals surface area contributed by atoms with Crippen molar-refractivity contribution < 1.29 is 46.7 Å². The number of hydrogen-bond acceptors (Lipinski definition) is 9. The molecule has 50 heavy (non-hydrogen) atoms. The van der Waals surface area contributed by atoms with E-state index in [9.17, 15) is 23.9 Å². The molecule has 5 aromatic rings. The zero-order chi connectivity index (χ0) is 36.2. The molecule has 3 aromatic carbocycles. The first-order valence-electron chi connectivity index (χ1n) is 15.5. The van der Waals surface area contributed by atoms with Gasteiger partial charge < -0.3 is 28.8 Å². The minimum atomic E-state index is -1.43. The monoisotopic (exact) mass is 688 g/mol. The third-order valence-corrected chi connectivity index (χ3v) is 6.93. The summed E-state index contributed by atoms with van der Waals surface area (Å²) in [4.78, 5) is 41.2. The largest absolute Gasteiger partial charge is 0.488 e. The number of benzene rings is 3. The predicted octanol–water partition coefficient (Wildman–Crippen LogP) is 7.50. The second-order valence-corrected chi connectivity index (χ2v) is 12.5. The molecule has 1 atom stereocenters. The minimum Gasteiger partial charge on any atom is -0.488 e. The first kappa shape index (κ1) is 35.3. The molecule has 0 aliphatic carbocycles. The van der Waals surface area contributed by atoms with E-state index in [1.54, 1.807) is 65.0 Å². The van der Waals surface area contributed by atoms with Gasteiger partial charge in [-0.1, -0.05) is 11.2 Å². The Morgan fingerprint density at radius 3 is 2.28 bits per heavy atom. The van der Waals surface area contributed by atoms with Crippen LogP contribution in [0.1, 0.15) is 50.7 Å². The van der Waals surface area contributed by atoms with Gasteiger partial charge in [0.05, 0.1) is 11.7 Å².